The maximum absolute atomic E-state index is 11.8. The summed E-state index contributed by atoms with van der Waals surface area (Å²) in [5.41, 5.74) is 0.448. The third kappa shape index (κ3) is 4.34. The molecular formula is C17H16O5. The lowest BCUT2D eigenvalue weighted by Gasteiger charge is -2.10. The molecule has 0 atom stereocenters. The summed E-state index contributed by atoms with van der Waals surface area (Å²) in [5, 5.41) is 0. The average Bonchev–Trinajstić information content (AvgIpc) is 2.56. The highest BCUT2D eigenvalue weighted by Gasteiger charge is 2.11. The number of para-hydroxylation sites is 1. The minimum absolute atomic E-state index is 0.105. The van der Waals surface area contributed by atoms with E-state index in [4.69, 9.17) is 14.2 Å². The molecule has 0 aliphatic heterocycles. The van der Waals surface area contributed by atoms with Gasteiger partial charge in [0.1, 0.15) is 12.0 Å². The van der Waals surface area contributed by atoms with Gasteiger partial charge in [-0.05, 0) is 30.3 Å². The van der Waals surface area contributed by atoms with Gasteiger partial charge in [-0.25, -0.2) is 0 Å². The summed E-state index contributed by atoms with van der Waals surface area (Å²) in [7, 11) is 1.44. The first kappa shape index (κ1) is 15.6. The fourth-order valence-electron chi connectivity index (χ4n) is 1.78. The van der Waals surface area contributed by atoms with Crippen LogP contribution in [0.15, 0.2) is 48.5 Å². The van der Waals surface area contributed by atoms with E-state index in [2.05, 4.69) is 0 Å². The molecule has 22 heavy (non-hydrogen) atoms. The normalized spacial score (nSPS) is 9.86. The van der Waals surface area contributed by atoms with Crippen LogP contribution in [-0.2, 0) is 4.79 Å². The number of aldehydes is 1. The highest BCUT2D eigenvalue weighted by molar-refractivity contribution is 5.78. The standard InChI is InChI=1S/C17H16O5/c1-20-16-11-13(12-18)7-8-15(16)22-17(19)9-10-21-14-5-3-2-4-6-14/h2-8,11-12H,9-10H2,1H3. The number of carbonyl (C=O) groups excluding carboxylic acids is 2. The summed E-state index contributed by atoms with van der Waals surface area (Å²) in [4.78, 5) is 22.5. The lowest BCUT2D eigenvalue weighted by Crippen LogP contribution is -2.13. The number of methoxy groups -OCH3 is 1. The molecule has 2 aromatic rings. The molecule has 0 aromatic heterocycles. The molecule has 114 valence electrons. The molecule has 0 aliphatic carbocycles. The van der Waals surface area contributed by atoms with Gasteiger partial charge < -0.3 is 14.2 Å². The lowest BCUT2D eigenvalue weighted by molar-refractivity contribution is -0.135. The average molecular weight is 300 g/mol. The molecule has 0 amide bonds. The lowest BCUT2D eigenvalue weighted by atomic mass is 10.2. The quantitative estimate of drug-likeness (QED) is 0.447. The Morgan fingerprint density at radius 3 is 2.55 bits per heavy atom. The fourth-order valence-corrected chi connectivity index (χ4v) is 1.78. The zero-order valence-corrected chi connectivity index (χ0v) is 12.2. The van der Waals surface area contributed by atoms with E-state index >= 15 is 0 Å². The second-order valence-electron chi connectivity index (χ2n) is 4.41. The van der Waals surface area contributed by atoms with E-state index in [0.717, 1.165) is 0 Å². The number of esters is 1. The van der Waals surface area contributed by atoms with Crippen LogP contribution in [0.5, 0.6) is 17.2 Å². The van der Waals surface area contributed by atoms with Crippen molar-refractivity contribution in [3.63, 3.8) is 0 Å². The van der Waals surface area contributed by atoms with Crippen LogP contribution in [0.25, 0.3) is 0 Å². The molecule has 0 spiro atoms. The summed E-state index contributed by atoms with van der Waals surface area (Å²) < 4.78 is 15.7. The van der Waals surface area contributed by atoms with Crippen molar-refractivity contribution >= 4 is 12.3 Å². The summed E-state index contributed by atoms with van der Waals surface area (Å²) >= 11 is 0. The maximum Gasteiger partial charge on any atom is 0.314 e. The Labute approximate surface area is 128 Å². The Morgan fingerprint density at radius 2 is 1.86 bits per heavy atom. The zero-order valence-electron chi connectivity index (χ0n) is 12.2. The summed E-state index contributed by atoms with van der Waals surface area (Å²) in [6.45, 7) is 0.220. The van der Waals surface area contributed by atoms with Crippen LogP contribution >= 0.6 is 0 Å². The summed E-state index contributed by atoms with van der Waals surface area (Å²) in [6, 6.07) is 13.8. The van der Waals surface area contributed by atoms with Gasteiger partial charge in [-0.1, -0.05) is 18.2 Å². The van der Waals surface area contributed by atoms with E-state index in [-0.39, 0.29) is 18.8 Å². The number of carbonyl (C=O) groups is 2. The monoisotopic (exact) mass is 300 g/mol. The minimum atomic E-state index is -0.437. The number of ether oxygens (including phenoxy) is 3. The highest BCUT2D eigenvalue weighted by Crippen LogP contribution is 2.27. The Morgan fingerprint density at radius 1 is 1.09 bits per heavy atom. The first-order valence-electron chi connectivity index (χ1n) is 6.74. The van der Waals surface area contributed by atoms with Gasteiger partial charge in [-0.15, -0.1) is 0 Å². The van der Waals surface area contributed by atoms with Crippen LogP contribution in [0.4, 0.5) is 0 Å². The van der Waals surface area contributed by atoms with Gasteiger partial charge in [0.05, 0.1) is 20.1 Å². The summed E-state index contributed by atoms with van der Waals surface area (Å²) in [6.07, 6.45) is 0.801. The van der Waals surface area contributed by atoms with Crippen LogP contribution < -0.4 is 14.2 Å². The predicted octanol–water partition coefficient (Wildman–Crippen LogP) is 2.88. The Hall–Kier alpha value is -2.82. The second-order valence-corrected chi connectivity index (χ2v) is 4.41. The number of hydrogen-bond acceptors (Lipinski definition) is 5. The van der Waals surface area contributed by atoms with Crippen LogP contribution in [0, 0.1) is 0 Å². The first-order chi connectivity index (χ1) is 10.7. The third-order valence-corrected chi connectivity index (χ3v) is 2.87. The van der Waals surface area contributed by atoms with Crippen molar-refractivity contribution in [2.75, 3.05) is 13.7 Å². The van der Waals surface area contributed by atoms with E-state index in [1.165, 1.54) is 19.2 Å². The Bertz CT molecular complexity index is 637. The van der Waals surface area contributed by atoms with Gasteiger partial charge in [0.25, 0.3) is 0 Å². The largest absolute Gasteiger partial charge is 0.493 e. The predicted molar refractivity (Wildman–Crippen MR) is 80.6 cm³/mol. The molecule has 5 nitrogen and oxygen atoms in total. The molecular weight excluding hydrogens is 284 g/mol. The number of benzene rings is 2. The molecule has 0 saturated carbocycles. The van der Waals surface area contributed by atoms with E-state index in [0.29, 0.717) is 23.3 Å². The van der Waals surface area contributed by atoms with Crippen LogP contribution in [0.3, 0.4) is 0 Å². The van der Waals surface area contributed by atoms with Crippen molar-refractivity contribution in [2.24, 2.45) is 0 Å². The maximum atomic E-state index is 11.8. The molecule has 0 N–H and O–H groups in total. The van der Waals surface area contributed by atoms with Crippen molar-refractivity contribution < 1.29 is 23.8 Å². The molecule has 0 heterocycles. The van der Waals surface area contributed by atoms with Crippen molar-refractivity contribution in [1.82, 2.24) is 0 Å². The van der Waals surface area contributed by atoms with E-state index in [9.17, 15) is 9.59 Å². The Kier molecular flexibility index (Phi) is 5.54. The number of hydrogen-bond donors (Lipinski definition) is 0. The molecule has 0 radical (unpaired) electrons. The van der Waals surface area contributed by atoms with Gasteiger partial charge in [-0.2, -0.15) is 0 Å². The second kappa shape index (κ2) is 7.83. The SMILES string of the molecule is COc1cc(C=O)ccc1OC(=O)CCOc1ccccc1. The van der Waals surface area contributed by atoms with Crippen molar-refractivity contribution in [1.29, 1.82) is 0 Å². The van der Waals surface area contributed by atoms with Crippen molar-refractivity contribution in [3.05, 3.63) is 54.1 Å². The van der Waals surface area contributed by atoms with Gasteiger partial charge >= 0.3 is 5.97 Å². The first-order valence-corrected chi connectivity index (χ1v) is 6.74. The van der Waals surface area contributed by atoms with Crippen LogP contribution in [0.1, 0.15) is 16.8 Å². The van der Waals surface area contributed by atoms with Gasteiger partial charge in [0.15, 0.2) is 11.5 Å². The molecule has 0 unspecified atom stereocenters. The fraction of sp³-hybridized carbons (Fsp3) is 0.176. The van der Waals surface area contributed by atoms with Gasteiger partial charge in [-0.3, -0.25) is 9.59 Å². The highest BCUT2D eigenvalue weighted by atomic mass is 16.6. The molecule has 0 saturated heterocycles. The van der Waals surface area contributed by atoms with E-state index < -0.39 is 5.97 Å². The van der Waals surface area contributed by atoms with Gasteiger partial charge in [0, 0.05) is 5.56 Å². The topological polar surface area (TPSA) is 61.8 Å². The molecule has 2 rings (SSSR count). The van der Waals surface area contributed by atoms with E-state index in [1.807, 2.05) is 30.3 Å². The smallest absolute Gasteiger partial charge is 0.314 e. The van der Waals surface area contributed by atoms with E-state index in [1.54, 1.807) is 6.07 Å². The molecule has 0 fully saturated rings. The van der Waals surface area contributed by atoms with Crippen molar-refractivity contribution in [3.8, 4) is 17.2 Å². The zero-order chi connectivity index (χ0) is 15.8. The van der Waals surface area contributed by atoms with Crippen LogP contribution in [-0.4, -0.2) is 26.0 Å². The molecule has 5 heteroatoms. The Balaban J connectivity index is 1.88. The van der Waals surface area contributed by atoms with Gasteiger partial charge in [0.2, 0.25) is 0 Å². The minimum Gasteiger partial charge on any atom is -0.493 e. The summed E-state index contributed by atoms with van der Waals surface area (Å²) in [5.74, 6) is 0.871. The molecule has 0 aliphatic rings. The van der Waals surface area contributed by atoms with Crippen LogP contribution in [0.2, 0.25) is 0 Å². The molecule has 0 bridgehead atoms. The van der Waals surface area contributed by atoms with Crippen molar-refractivity contribution in [2.45, 2.75) is 6.42 Å². The molecule has 2 aromatic carbocycles. The third-order valence-electron chi connectivity index (χ3n) is 2.87. The number of rotatable bonds is 7.